The summed E-state index contributed by atoms with van der Waals surface area (Å²) in [4.78, 5) is 81.3. The van der Waals surface area contributed by atoms with Gasteiger partial charge in [0.05, 0.1) is 26.7 Å². The van der Waals surface area contributed by atoms with Crippen LogP contribution in [0.1, 0.15) is 64.2 Å². The van der Waals surface area contributed by atoms with Crippen molar-refractivity contribution in [2.24, 2.45) is 5.84 Å². The zero-order valence-electron chi connectivity index (χ0n) is 46.8. The summed E-state index contributed by atoms with van der Waals surface area (Å²) in [6.07, 6.45) is 5.99. The van der Waals surface area contributed by atoms with Gasteiger partial charge >= 0.3 is 36.7 Å². The molecule has 2 radical (unpaired) electrons. The molecule has 0 unspecified atom stereocenters. The predicted molar refractivity (Wildman–Crippen MR) is 325 cm³/mol. The molecule has 10 N–H and O–H groups in total. The molecule has 8 rings (SSSR count). The second-order valence-electron chi connectivity index (χ2n) is 16.6. The zero-order valence-corrected chi connectivity index (χ0v) is 51.9. The van der Waals surface area contributed by atoms with Crippen molar-refractivity contribution in [3.05, 3.63) is 216 Å². The molecule has 29 heteroatoms. The number of carbonyl (C=O) groups is 4. The van der Waals surface area contributed by atoms with Crippen molar-refractivity contribution in [3.8, 4) is 40.2 Å². The van der Waals surface area contributed by atoms with Gasteiger partial charge in [-0.1, -0.05) is 35.9 Å². The van der Waals surface area contributed by atoms with Crippen molar-refractivity contribution in [2.75, 3.05) is 39.4 Å². The quantitative estimate of drug-likeness (QED) is 0.0175. The molecule has 0 fully saturated rings. The number of ether oxygens (including phenoxy) is 3. The van der Waals surface area contributed by atoms with E-state index in [0.717, 1.165) is 16.8 Å². The molecule has 0 saturated carbocycles. The minimum atomic E-state index is -0.826. The van der Waals surface area contributed by atoms with Crippen LogP contribution in [-0.4, -0.2) is 106 Å². The van der Waals surface area contributed by atoms with Crippen molar-refractivity contribution in [2.45, 2.75) is 27.7 Å². The van der Waals surface area contributed by atoms with Crippen molar-refractivity contribution >= 4 is 94.7 Å². The number of aromatic hydroxyl groups is 1. The van der Waals surface area contributed by atoms with Crippen molar-refractivity contribution in [1.29, 1.82) is 0 Å². The summed E-state index contributed by atoms with van der Waals surface area (Å²) < 4.78 is 17.1. The fourth-order valence-corrected chi connectivity index (χ4v) is 6.72. The molecule has 0 aliphatic carbocycles. The Bertz CT molecular complexity index is 3590. The van der Waals surface area contributed by atoms with Gasteiger partial charge < -0.3 is 51.7 Å². The number of phenolic OH excluding ortho intramolecular Hbond substituents is 1. The Morgan fingerprint density at radius 3 is 1.24 bits per heavy atom. The molecule has 4 aromatic heterocycles. The van der Waals surface area contributed by atoms with E-state index in [0.29, 0.717) is 73.4 Å². The fraction of sp³-hybridized carbons (Fsp3) is 0.143. The van der Waals surface area contributed by atoms with Gasteiger partial charge in [-0.05, 0) is 94.4 Å². The standard InChI is InChI=1S/C14H16N4O2.C14H13N3O4.C14H15N3O2.C7H7ClN2O.C7H7NO3.2ClH.Sn/c1-9-11(18-15)4-3-5-13(9)20-10-6-7-17-12(8-10)14(19)16-2;1-9-12(17(19)20)4-3-5-13(9)21-10-6-7-16-11(8-10)14(18)15-2;1-9-11(15)4-3-5-13(9)19-10-6-7-17-12(8-10)14(18)16-2;1-9-7(11)6-4-5(8)2-3-10-6;1-5-6(8(10)11)3-2-4-7(5)9;;;/h3-8,18H,15H2,1-2H3,(H,16,19);3-8H,1-2H3,(H,15,18);3-8H,15H2,1-2H3,(H,16,18);2-4H,1H3,(H,9,11);2-4,9H,1H3;2*1H;/q;;;;;;;+2/p-2. The van der Waals surface area contributed by atoms with Gasteiger partial charge in [0.15, 0.2) is 0 Å². The number of nitrogens with zero attached hydrogens (tertiary/aromatic N) is 6. The van der Waals surface area contributed by atoms with Gasteiger partial charge in [0.25, 0.3) is 35.0 Å². The van der Waals surface area contributed by atoms with Crippen LogP contribution in [0.5, 0.6) is 40.2 Å². The zero-order chi connectivity index (χ0) is 63.2. The molecule has 8 aromatic rings. The first kappa shape index (κ1) is 69.9. The van der Waals surface area contributed by atoms with Crippen molar-refractivity contribution in [3.63, 3.8) is 0 Å². The van der Waals surface area contributed by atoms with Crippen LogP contribution in [0.25, 0.3) is 0 Å². The fourth-order valence-electron chi connectivity index (χ4n) is 6.56. The Morgan fingerprint density at radius 2 is 0.859 bits per heavy atom. The first-order valence-electron chi connectivity index (χ1n) is 24.5. The van der Waals surface area contributed by atoms with Gasteiger partial charge in [0.2, 0.25) is 0 Å². The Labute approximate surface area is 510 Å². The third-order valence-electron chi connectivity index (χ3n) is 11.1. The van der Waals surface area contributed by atoms with Crippen LogP contribution in [0.4, 0.5) is 22.7 Å². The Kier molecular flexibility index (Phi) is 29.8. The number of nitrogens with one attached hydrogen (secondary N) is 5. The molecule has 25 nitrogen and oxygen atoms in total. The van der Waals surface area contributed by atoms with Gasteiger partial charge in [-0.3, -0.25) is 65.2 Å². The van der Waals surface area contributed by atoms with E-state index >= 15 is 0 Å². The second kappa shape index (κ2) is 36.2. The molecular weight excluding hydrogens is 1270 g/mol. The Balaban J connectivity index is 0.000000281. The number of hydrogen-bond acceptors (Lipinski definition) is 19. The number of nitro groups is 2. The van der Waals surface area contributed by atoms with Gasteiger partial charge in [-0.15, -0.1) is 0 Å². The first-order valence-corrected chi connectivity index (χ1v) is 32.1. The van der Waals surface area contributed by atoms with E-state index in [1.807, 2.05) is 50.2 Å². The van der Waals surface area contributed by atoms with Gasteiger partial charge in [0.1, 0.15) is 63.0 Å². The predicted octanol–water partition coefficient (Wildman–Crippen LogP) is 10.1. The number of carbonyl (C=O) groups excluding carboxylic acids is 4. The average molecular weight is 1330 g/mol. The molecule has 85 heavy (non-hydrogen) atoms. The number of phenols is 1. The van der Waals surface area contributed by atoms with E-state index in [1.165, 1.54) is 75.2 Å². The summed E-state index contributed by atoms with van der Waals surface area (Å²) in [5.41, 5.74) is 13.4. The molecule has 444 valence electrons. The summed E-state index contributed by atoms with van der Waals surface area (Å²) in [6, 6.07) is 32.5. The monoisotopic (exact) mass is 1330 g/mol. The maximum absolute atomic E-state index is 11.5. The third kappa shape index (κ3) is 22.4. The van der Waals surface area contributed by atoms with Gasteiger partial charge in [0, 0.05) is 105 Å². The van der Waals surface area contributed by atoms with Crippen LogP contribution in [0.15, 0.2) is 146 Å². The number of aromatic nitrogens is 4. The molecule has 0 aliphatic rings. The number of amides is 4. The number of rotatable bonds is 13. The normalized spacial score (nSPS) is 9.69. The van der Waals surface area contributed by atoms with Crippen LogP contribution < -0.4 is 52.5 Å². The van der Waals surface area contributed by atoms with Crippen LogP contribution in [0.3, 0.4) is 0 Å². The van der Waals surface area contributed by atoms with Gasteiger partial charge in [-0.2, -0.15) is 0 Å². The Hall–Kier alpha value is -9.41. The van der Waals surface area contributed by atoms with Crippen LogP contribution in [-0.2, 0) is 0 Å². The maximum atomic E-state index is 11.5. The second-order valence-corrected chi connectivity index (χ2v) is 21.2. The van der Waals surface area contributed by atoms with Crippen molar-refractivity contribution in [1.82, 2.24) is 41.2 Å². The van der Waals surface area contributed by atoms with E-state index in [4.69, 9.17) is 60.3 Å². The molecule has 4 amide bonds. The van der Waals surface area contributed by atoms with E-state index in [2.05, 4.69) is 46.6 Å². The minimum absolute atomic E-state index is 0.0203. The molecule has 4 aromatic carbocycles. The molecule has 4 heterocycles. The third-order valence-corrected chi connectivity index (χ3v) is 11.4. The number of nitro benzene ring substituents is 2. The summed E-state index contributed by atoms with van der Waals surface area (Å²) in [6.45, 7) is 6.89. The molecule has 0 saturated heterocycles. The average Bonchev–Trinajstić information content (AvgIpc) is 3.71. The number of benzene rings is 4. The number of anilines is 2. The number of pyridine rings is 4. The number of nitrogen functional groups attached to an aromatic ring is 2. The molecular formula is C56H58Cl3N13O12Sn. The number of nitrogens with two attached hydrogens (primary N) is 2. The van der Waals surface area contributed by atoms with E-state index in [1.54, 1.807) is 76.6 Å². The summed E-state index contributed by atoms with van der Waals surface area (Å²) in [7, 11) is 16.0. The summed E-state index contributed by atoms with van der Waals surface area (Å²) >= 11 is 4.80. The number of hydrogen-bond donors (Lipinski definition) is 8. The van der Waals surface area contributed by atoms with Crippen LogP contribution in [0, 0.1) is 47.9 Å². The molecule has 0 atom stereocenters. The summed E-state index contributed by atoms with van der Waals surface area (Å²) in [5, 5.41) is 40.7. The SMILES string of the molecule is CNC(=O)c1cc(Cl)ccn1.CNC(=O)c1cc(Oc2cccc(N)c2C)ccn1.CNC(=O)c1cc(Oc2cccc(NN)c2C)ccn1.CNC(=O)c1cc(Oc2cccc([N+](=O)[O-])c2C)ccn1.Cc1c(O)cccc1[N+](=O)[O-].[Cl][Sn][Cl]. The summed E-state index contributed by atoms with van der Waals surface area (Å²) in [5.74, 6) is 7.45. The molecule has 0 aliphatic heterocycles. The van der Waals surface area contributed by atoms with E-state index in [-0.39, 0.29) is 46.4 Å². The van der Waals surface area contributed by atoms with E-state index in [9.17, 15) is 39.4 Å². The van der Waals surface area contributed by atoms with E-state index < -0.39 is 28.7 Å². The number of hydrazine groups is 1. The van der Waals surface area contributed by atoms with Crippen LogP contribution >= 0.6 is 29.4 Å². The topological polar surface area (TPSA) is 366 Å². The van der Waals surface area contributed by atoms with Gasteiger partial charge in [-0.25, -0.2) is 0 Å². The molecule has 0 spiro atoms. The molecule has 0 bridgehead atoms. The van der Waals surface area contributed by atoms with Crippen LogP contribution in [0.2, 0.25) is 5.02 Å². The first-order chi connectivity index (χ1) is 40.6. The Morgan fingerprint density at radius 1 is 0.518 bits per heavy atom. The van der Waals surface area contributed by atoms with Crippen molar-refractivity contribution < 1.29 is 48.3 Å². The number of halogens is 3.